The highest BCUT2D eigenvalue weighted by atomic mass is 16.5. The van der Waals surface area contributed by atoms with E-state index in [1.54, 1.807) is 13.0 Å². The van der Waals surface area contributed by atoms with Gasteiger partial charge in [0.1, 0.15) is 0 Å². The van der Waals surface area contributed by atoms with Gasteiger partial charge in [0.05, 0.1) is 18.7 Å². The second-order valence-corrected chi connectivity index (χ2v) is 4.38. The zero-order valence-corrected chi connectivity index (χ0v) is 11.3. The number of rotatable bonds is 3. The molecule has 0 saturated carbocycles. The smallest absolute Gasteiger partial charge is 0.337 e. The van der Waals surface area contributed by atoms with Gasteiger partial charge in [-0.2, -0.15) is 0 Å². The maximum Gasteiger partial charge on any atom is 0.337 e. The Bertz CT molecular complexity index is 576. The summed E-state index contributed by atoms with van der Waals surface area (Å²) in [6.07, 6.45) is 3.62. The number of ether oxygens (including phenoxy) is 1. The van der Waals surface area contributed by atoms with Crippen LogP contribution in [0.25, 0.3) is 6.08 Å². The normalized spacial score (nSPS) is 18.7. The second-order valence-electron chi connectivity index (χ2n) is 4.38. The number of amides is 2. The van der Waals surface area contributed by atoms with Crippen LogP contribution >= 0.6 is 0 Å². The van der Waals surface area contributed by atoms with Gasteiger partial charge in [-0.05, 0) is 12.5 Å². The molecule has 0 aliphatic carbocycles. The first-order chi connectivity index (χ1) is 9.61. The molecule has 1 aliphatic heterocycles. The summed E-state index contributed by atoms with van der Waals surface area (Å²) in [7, 11) is 1.32. The predicted molar refractivity (Wildman–Crippen MR) is 75.6 cm³/mol. The fourth-order valence-corrected chi connectivity index (χ4v) is 2.03. The third-order valence-electron chi connectivity index (χ3n) is 2.99. The summed E-state index contributed by atoms with van der Waals surface area (Å²) in [5.41, 5.74) is 1.89. The van der Waals surface area contributed by atoms with Gasteiger partial charge in [0.25, 0.3) is 0 Å². The molecule has 0 radical (unpaired) electrons. The van der Waals surface area contributed by atoms with Crippen LogP contribution in [0.3, 0.4) is 0 Å². The van der Waals surface area contributed by atoms with E-state index in [4.69, 9.17) is 4.74 Å². The van der Waals surface area contributed by atoms with Gasteiger partial charge in [-0.25, -0.2) is 9.59 Å². The average Bonchev–Trinajstić information content (AvgIpc) is 2.45. The van der Waals surface area contributed by atoms with Gasteiger partial charge in [0.2, 0.25) is 0 Å². The molecule has 2 rings (SSSR count). The number of carbonyl (C=O) groups excluding carboxylic acids is 2. The monoisotopic (exact) mass is 272 g/mol. The molecule has 1 aliphatic rings. The van der Waals surface area contributed by atoms with Crippen LogP contribution in [0.1, 0.15) is 12.5 Å². The van der Waals surface area contributed by atoms with Gasteiger partial charge in [-0.3, -0.25) is 0 Å². The van der Waals surface area contributed by atoms with Crippen molar-refractivity contribution in [3.8, 4) is 0 Å². The lowest BCUT2D eigenvalue weighted by atomic mass is 10.0. The van der Waals surface area contributed by atoms with Crippen molar-refractivity contribution >= 4 is 18.1 Å². The highest BCUT2D eigenvalue weighted by molar-refractivity contribution is 5.95. The minimum absolute atomic E-state index is 0.335. The van der Waals surface area contributed by atoms with Crippen molar-refractivity contribution in [2.45, 2.75) is 13.0 Å². The molecule has 5 nitrogen and oxygen atoms in total. The summed E-state index contributed by atoms with van der Waals surface area (Å²) < 4.78 is 4.76. The summed E-state index contributed by atoms with van der Waals surface area (Å²) in [6.45, 7) is 1.67. The molecule has 0 bridgehead atoms. The number of urea groups is 1. The van der Waals surface area contributed by atoms with Crippen molar-refractivity contribution in [3.05, 3.63) is 53.2 Å². The maximum atomic E-state index is 11.8. The minimum atomic E-state index is -0.503. The van der Waals surface area contributed by atoms with Gasteiger partial charge in [-0.1, -0.05) is 42.5 Å². The van der Waals surface area contributed by atoms with E-state index >= 15 is 0 Å². The van der Waals surface area contributed by atoms with Gasteiger partial charge in [0.15, 0.2) is 0 Å². The molecule has 0 unspecified atom stereocenters. The van der Waals surface area contributed by atoms with E-state index in [2.05, 4.69) is 10.6 Å². The van der Waals surface area contributed by atoms with Gasteiger partial charge < -0.3 is 15.4 Å². The Balaban J connectivity index is 2.28. The van der Waals surface area contributed by atoms with Crippen molar-refractivity contribution < 1.29 is 14.3 Å². The standard InChI is InChI=1S/C15H16N2O3/c1-10-13(14(18)20-2)12(17-15(19)16-10)9-8-11-6-4-3-5-7-11/h3-9,12H,1-2H3,(H2,16,17,19)/t12-/m0/s1. The van der Waals surface area contributed by atoms with E-state index in [1.165, 1.54) is 7.11 Å². The van der Waals surface area contributed by atoms with Crippen LogP contribution in [0.15, 0.2) is 47.7 Å². The van der Waals surface area contributed by atoms with Crippen LogP contribution < -0.4 is 10.6 Å². The first-order valence-corrected chi connectivity index (χ1v) is 6.21. The molecular weight excluding hydrogens is 256 g/mol. The molecule has 0 aromatic heterocycles. The molecule has 20 heavy (non-hydrogen) atoms. The van der Waals surface area contributed by atoms with Crippen LogP contribution in [0.5, 0.6) is 0 Å². The summed E-state index contributed by atoms with van der Waals surface area (Å²) in [4.78, 5) is 23.3. The van der Waals surface area contributed by atoms with Crippen molar-refractivity contribution in [3.63, 3.8) is 0 Å². The third kappa shape index (κ3) is 3.06. The number of hydrogen-bond acceptors (Lipinski definition) is 3. The Morgan fingerprint density at radius 1 is 1.30 bits per heavy atom. The second kappa shape index (κ2) is 6.06. The molecule has 2 N–H and O–H groups in total. The van der Waals surface area contributed by atoms with Gasteiger partial charge in [0, 0.05) is 5.70 Å². The van der Waals surface area contributed by atoms with Crippen molar-refractivity contribution in [1.29, 1.82) is 0 Å². The van der Waals surface area contributed by atoms with Crippen LogP contribution in [-0.2, 0) is 9.53 Å². The molecule has 1 aromatic carbocycles. The predicted octanol–water partition coefficient (Wildman–Crippen LogP) is 1.83. The van der Waals surface area contributed by atoms with Gasteiger partial charge in [-0.15, -0.1) is 0 Å². The third-order valence-corrected chi connectivity index (χ3v) is 2.99. The summed E-state index contributed by atoms with van der Waals surface area (Å²) in [6, 6.07) is 8.80. The molecular formula is C15H16N2O3. The fraction of sp³-hybridized carbons (Fsp3) is 0.200. The molecule has 0 spiro atoms. The molecule has 5 heteroatoms. The Hall–Kier alpha value is -2.56. The molecule has 1 heterocycles. The lowest BCUT2D eigenvalue weighted by Gasteiger charge is -2.25. The Labute approximate surface area is 117 Å². The number of hydrogen-bond donors (Lipinski definition) is 2. The lowest BCUT2D eigenvalue weighted by molar-refractivity contribution is -0.136. The van der Waals surface area contributed by atoms with E-state index < -0.39 is 12.0 Å². The SMILES string of the molecule is COC(=O)C1=C(C)NC(=O)N[C@H]1C=Cc1ccccc1. The zero-order valence-electron chi connectivity index (χ0n) is 11.3. The summed E-state index contributed by atoms with van der Waals surface area (Å²) in [5.74, 6) is -0.460. The van der Waals surface area contributed by atoms with E-state index in [1.807, 2.05) is 36.4 Å². The molecule has 1 atom stereocenters. The van der Waals surface area contributed by atoms with E-state index in [0.717, 1.165) is 5.56 Å². The van der Waals surface area contributed by atoms with E-state index in [0.29, 0.717) is 11.3 Å². The highest BCUT2D eigenvalue weighted by Crippen LogP contribution is 2.16. The average molecular weight is 272 g/mol. The lowest BCUT2D eigenvalue weighted by Crippen LogP contribution is -2.49. The quantitative estimate of drug-likeness (QED) is 0.825. The van der Waals surface area contributed by atoms with E-state index in [9.17, 15) is 9.59 Å². The van der Waals surface area contributed by atoms with Crippen molar-refractivity contribution in [2.75, 3.05) is 7.11 Å². The number of methoxy groups -OCH3 is 1. The van der Waals surface area contributed by atoms with Crippen LogP contribution in [0, 0.1) is 0 Å². The number of nitrogens with one attached hydrogen (secondary N) is 2. The molecule has 104 valence electrons. The number of esters is 1. The Morgan fingerprint density at radius 2 is 2.00 bits per heavy atom. The first-order valence-electron chi connectivity index (χ1n) is 6.21. The Morgan fingerprint density at radius 3 is 2.65 bits per heavy atom. The molecule has 1 aromatic rings. The summed E-state index contributed by atoms with van der Waals surface area (Å²) in [5, 5.41) is 5.25. The number of carbonyl (C=O) groups is 2. The largest absolute Gasteiger partial charge is 0.466 e. The number of benzene rings is 1. The number of allylic oxidation sites excluding steroid dienone is 1. The molecule has 2 amide bonds. The topological polar surface area (TPSA) is 67.4 Å². The van der Waals surface area contributed by atoms with Crippen LogP contribution in [0.4, 0.5) is 4.79 Å². The van der Waals surface area contributed by atoms with Crippen LogP contribution in [0.2, 0.25) is 0 Å². The van der Waals surface area contributed by atoms with Crippen molar-refractivity contribution in [2.24, 2.45) is 0 Å². The van der Waals surface area contributed by atoms with Gasteiger partial charge >= 0.3 is 12.0 Å². The first kappa shape index (κ1) is 13.9. The summed E-state index contributed by atoms with van der Waals surface area (Å²) >= 11 is 0. The van der Waals surface area contributed by atoms with Crippen molar-refractivity contribution in [1.82, 2.24) is 10.6 Å². The molecule has 0 fully saturated rings. The maximum absolute atomic E-state index is 11.8. The minimum Gasteiger partial charge on any atom is -0.466 e. The fourth-order valence-electron chi connectivity index (χ4n) is 2.03. The highest BCUT2D eigenvalue weighted by Gasteiger charge is 2.28. The molecule has 0 saturated heterocycles. The van der Waals surface area contributed by atoms with E-state index in [-0.39, 0.29) is 6.03 Å². The Kier molecular flexibility index (Phi) is 4.20. The van der Waals surface area contributed by atoms with Crippen LogP contribution in [-0.4, -0.2) is 25.2 Å². The zero-order chi connectivity index (χ0) is 14.5.